The van der Waals surface area contributed by atoms with E-state index in [0.717, 1.165) is 10.9 Å². The van der Waals surface area contributed by atoms with Gasteiger partial charge in [0.25, 0.3) is 5.91 Å². The maximum atomic E-state index is 12.1. The Bertz CT molecular complexity index is 720. The molecule has 0 bridgehead atoms. The molecule has 0 spiro atoms. The maximum absolute atomic E-state index is 12.1. The van der Waals surface area contributed by atoms with Crippen molar-refractivity contribution in [3.63, 3.8) is 0 Å². The third-order valence-electron chi connectivity index (χ3n) is 2.81. The van der Waals surface area contributed by atoms with Gasteiger partial charge in [0, 0.05) is 10.9 Å². The number of fused-ring (bicyclic) bond motifs is 1. The van der Waals surface area contributed by atoms with Gasteiger partial charge in [-0.25, -0.2) is 9.97 Å². The Morgan fingerprint density at radius 2 is 1.63 bits per heavy atom. The van der Waals surface area contributed by atoms with Crippen LogP contribution in [-0.4, -0.2) is 15.9 Å². The van der Waals surface area contributed by atoms with Crippen molar-refractivity contribution >= 4 is 22.6 Å². The Hall–Kier alpha value is -2.75. The molecule has 0 aliphatic heterocycles. The van der Waals surface area contributed by atoms with Crippen LogP contribution in [0.15, 0.2) is 60.9 Å². The van der Waals surface area contributed by atoms with Gasteiger partial charge >= 0.3 is 0 Å². The number of rotatable bonds is 2. The van der Waals surface area contributed by atoms with Crippen LogP contribution < -0.4 is 5.32 Å². The number of amides is 1. The van der Waals surface area contributed by atoms with Crippen LogP contribution in [0.2, 0.25) is 0 Å². The lowest BCUT2D eigenvalue weighted by Crippen LogP contribution is -2.13. The van der Waals surface area contributed by atoms with E-state index in [1.165, 1.54) is 6.33 Å². The number of nitrogens with one attached hydrogen (secondary N) is 1. The highest BCUT2D eigenvalue weighted by Gasteiger charge is 2.08. The smallest absolute Gasteiger partial charge is 0.256 e. The molecule has 2 aromatic carbocycles. The average Bonchev–Trinajstić information content (AvgIpc) is 2.48. The number of hydrogen-bond donors (Lipinski definition) is 1. The summed E-state index contributed by atoms with van der Waals surface area (Å²) in [5, 5.41) is 3.64. The third kappa shape index (κ3) is 2.28. The second kappa shape index (κ2) is 4.86. The SMILES string of the molecule is O=C(Nc1ncnc2ccccc12)c1ccccc1. The van der Waals surface area contributed by atoms with Crippen molar-refractivity contribution < 1.29 is 4.79 Å². The van der Waals surface area contributed by atoms with Crippen molar-refractivity contribution in [3.8, 4) is 0 Å². The molecule has 0 aliphatic carbocycles. The van der Waals surface area contributed by atoms with Gasteiger partial charge in [0.1, 0.15) is 12.1 Å². The predicted molar refractivity (Wildman–Crippen MR) is 73.9 cm³/mol. The summed E-state index contributed by atoms with van der Waals surface area (Å²) in [4.78, 5) is 20.4. The molecule has 0 aliphatic rings. The Morgan fingerprint density at radius 1 is 0.895 bits per heavy atom. The molecular weight excluding hydrogens is 238 g/mol. The fourth-order valence-electron chi connectivity index (χ4n) is 1.87. The molecule has 0 fully saturated rings. The standard InChI is InChI=1S/C15H11N3O/c19-15(11-6-2-1-3-7-11)18-14-12-8-4-5-9-13(12)16-10-17-14/h1-10H,(H,16,17,18,19). The lowest BCUT2D eigenvalue weighted by Gasteiger charge is -2.06. The van der Waals surface area contributed by atoms with E-state index in [0.29, 0.717) is 11.4 Å². The highest BCUT2D eigenvalue weighted by Crippen LogP contribution is 2.18. The Morgan fingerprint density at radius 3 is 2.47 bits per heavy atom. The molecule has 4 nitrogen and oxygen atoms in total. The van der Waals surface area contributed by atoms with Crippen molar-refractivity contribution in [2.45, 2.75) is 0 Å². The highest BCUT2D eigenvalue weighted by atomic mass is 16.1. The first-order valence-electron chi connectivity index (χ1n) is 5.91. The van der Waals surface area contributed by atoms with Gasteiger partial charge in [-0.05, 0) is 24.3 Å². The van der Waals surface area contributed by atoms with Crippen LogP contribution >= 0.6 is 0 Å². The normalized spacial score (nSPS) is 10.3. The summed E-state index contributed by atoms with van der Waals surface area (Å²) in [6, 6.07) is 16.6. The van der Waals surface area contributed by atoms with E-state index < -0.39 is 0 Å². The molecule has 1 N–H and O–H groups in total. The van der Waals surface area contributed by atoms with Crippen LogP contribution in [-0.2, 0) is 0 Å². The number of para-hydroxylation sites is 1. The number of aromatic nitrogens is 2. The van der Waals surface area contributed by atoms with Crippen LogP contribution in [0.5, 0.6) is 0 Å². The minimum Gasteiger partial charge on any atom is -0.306 e. The van der Waals surface area contributed by atoms with Gasteiger partial charge in [-0.3, -0.25) is 4.79 Å². The number of benzene rings is 2. The molecule has 0 radical (unpaired) electrons. The molecule has 0 atom stereocenters. The van der Waals surface area contributed by atoms with Crippen LogP contribution in [0.25, 0.3) is 10.9 Å². The fraction of sp³-hybridized carbons (Fsp3) is 0. The third-order valence-corrected chi connectivity index (χ3v) is 2.81. The van der Waals surface area contributed by atoms with Gasteiger partial charge in [-0.1, -0.05) is 30.3 Å². The van der Waals surface area contributed by atoms with Crippen molar-refractivity contribution in [1.82, 2.24) is 9.97 Å². The Kier molecular flexibility index (Phi) is 2.90. The van der Waals surface area contributed by atoms with E-state index >= 15 is 0 Å². The zero-order valence-corrected chi connectivity index (χ0v) is 10.1. The first-order valence-corrected chi connectivity index (χ1v) is 5.91. The first-order chi connectivity index (χ1) is 9.34. The summed E-state index contributed by atoms with van der Waals surface area (Å²) in [6.45, 7) is 0. The fourth-order valence-corrected chi connectivity index (χ4v) is 1.87. The topological polar surface area (TPSA) is 54.9 Å². The summed E-state index contributed by atoms with van der Waals surface area (Å²) in [5.41, 5.74) is 1.41. The number of hydrogen-bond acceptors (Lipinski definition) is 3. The number of nitrogens with zero attached hydrogens (tertiary/aromatic N) is 2. The van der Waals surface area contributed by atoms with Crippen molar-refractivity contribution in [3.05, 3.63) is 66.5 Å². The number of anilines is 1. The van der Waals surface area contributed by atoms with E-state index in [1.807, 2.05) is 42.5 Å². The van der Waals surface area contributed by atoms with Gasteiger partial charge in [-0.2, -0.15) is 0 Å². The summed E-state index contributed by atoms with van der Waals surface area (Å²) >= 11 is 0. The summed E-state index contributed by atoms with van der Waals surface area (Å²) in [6.07, 6.45) is 1.45. The molecule has 3 rings (SSSR count). The van der Waals surface area contributed by atoms with E-state index in [1.54, 1.807) is 12.1 Å². The molecule has 0 saturated heterocycles. The van der Waals surface area contributed by atoms with E-state index in [-0.39, 0.29) is 5.91 Å². The first kappa shape index (κ1) is 11.3. The molecule has 19 heavy (non-hydrogen) atoms. The molecule has 4 heteroatoms. The Labute approximate surface area is 110 Å². The van der Waals surface area contributed by atoms with Crippen molar-refractivity contribution in [2.24, 2.45) is 0 Å². The van der Waals surface area contributed by atoms with Crippen LogP contribution in [0.3, 0.4) is 0 Å². The molecule has 1 heterocycles. The molecule has 1 amide bonds. The van der Waals surface area contributed by atoms with Gasteiger partial charge in [-0.15, -0.1) is 0 Å². The van der Waals surface area contributed by atoms with Gasteiger partial charge in [0.05, 0.1) is 5.52 Å². The van der Waals surface area contributed by atoms with E-state index in [2.05, 4.69) is 15.3 Å². The zero-order chi connectivity index (χ0) is 13.1. The minimum absolute atomic E-state index is 0.176. The monoisotopic (exact) mass is 249 g/mol. The maximum Gasteiger partial charge on any atom is 0.256 e. The van der Waals surface area contributed by atoms with Crippen LogP contribution in [0, 0.1) is 0 Å². The predicted octanol–water partition coefficient (Wildman–Crippen LogP) is 2.88. The second-order valence-corrected chi connectivity index (χ2v) is 4.06. The molecule has 92 valence electrons. The molecule has 3 aromatic rings. The molecule has 1 aromatic heterocycles. The number of carbonyl (C=O) groups excluding carboxylic acids is 1. The van der Waals surface area contributed by atoms with E-state index in [4.69, 9.17) is 0 Å². The molecule has 0 saturated carbocycles. The summed E-state index contributed by atoms with van der Waals surface area (Å²) < 4.78 is 0. The largest absolute Gasteiger partial charge is 0.306 e. The molecular formula is C15H11N3O. The van der Waals surface area contributed by atoms with Crippen molar-refractivity contribution in [2.75, 3.05) is 5.32 Å². The van der Waals surface area contributed by atoms with Crippen molar-refractivity contribution in [1.29, 1.82) is 0 Å². The number of carbonyl (C=O) groups is 1. The van der Waals surface area contributed by atoms with Gasteiger partial charge < -0.3 is 5.32 Å². The Balaban J connectivity index is 1.96. The quantitative estimate of drug-likeness (QED) is 0.759. The molecule has 0 unspecified atom stereocenters. The lowest BCUT2D eigenvalue weighted by molar-refractivity contribution is 0.102. The van der Waals surface area contributed by atoms with E-state index in [9.17, 15) is 4.79 Å². The summed E-state index contributed by atoms with van der Waals surface area (Å²) in [7, 11) is 0. The van der Waals surface area contributed by atoms with Crippen LogP contribution in [0.1, 0.15) is 10.4 Å². The zero-order valence-electron chi connectivity index (χ0n) is 10.1. The lowest BCUT2D eigenvalue weighted by atomic mass is 10.2. The second-order valence-electron chi connectivity index (χ2n) is 4.06. The highest BCUT2D eigenvalue weighted by molar-refractivity contribution is 6.07. The van der Waals surface area contributed by atoms with Gasteiger partial charge in [0.15, 0.2) is 0 Å². The minimum atomic E-state index is -0.176. The summed E-state index contributed by atoms with van der Waals surface area (Å²) in [5.74, 6) is 0.351. The van der Waals surface area contributed by atoms with Gasteiger partial charge in [0.2, 0.25) is 0 Å². The average molecular weight is 249 g/mol. The van der Waals surface area contributed by atoms with Crippen LogP contribution in [0.4, 0.5) is 5.82 Å².